The van der Waals surface area contributed by atoms with Gasteiger partial charge in [-0.1, -0.05) is 17.9 Å². The van der Waals surface area contributed by atoms with Gasteiger partial charge in [-0.25, -0.2) is 0 Å². The first-order valence-electron chi connectivity index (χ1n) is 7.03. The van der Waals surface area contributed by atoms with Gasteiger partial charge in [0.25, 0.3) is 9.41 Å². The van der Waals surface area contributed by atoms with Gasteiger partial charge < -0.3 is 4.46 Å². The Hall–Kier alpha value is -0.726. The Morgan fingerprint density at radius 1 is 0.947 bits per heavy atom. The number of rotatable bonds is 12. The van der Waals surface area contributed by atoms with Gasteiger partial charge in [-0.05, 0) is 32.0 Å². The van der Waals surface area contributed by atoms with E-state index in [0.29, 0.717) is 6.54 Å². The molecule has 106 valence electrons. The molecule has 0 aromatic rings. The smallest absolute Gasteiger partial charge is 0.261 e. The van der Waals surface area contributed by atoms with Gasteiger partial charge in [0.15, 0.2) is 0 Å². The first kappa shape index (κ1) is 18.3. The zero-order chi connectivity index (χ0) is 14.3. The third-order valence-electron chi connectivity index (χ3n) is 2.99. The third kappa shape index (κ3) is 10.8. The molecule has 0 fully saturated rings. The molecule has 0 amide bonds. The Bertz CT molecular complexity index is 310. The standard InChI is InChI=1S/C14H26N2OSi2/c1-3-7-15(9-5-13-18)11-12-16(8-4-2)10-6-14-19-17/h1-2,19H,5-14H2,18H3. The molecular formula is C14H26N2OSi2. The number of hydrogen-bond acceptors (Lipinski definition) is 3. The van der Waals surface area contributed by atoms with Crippen molar-refractivity contribution in [1.29, 1.82) is 0 Å². The van der Waals surface area contributed by atoms with E-state index in [4.69, 9.17) is 12.8 Å². The monoisotopic (exact) mass is 294 g/mol. The fraction of sp³-hybridized carbons (Fsp3) is 0.714. The van der Waals surface area contributed by atoms with Crippen molar-refractivity contribution >= 4 is 19.6 Å². The van der Waals surface area contributed by atoms with Crippen LogP contribution in [0.25, 0.3) is 0 Å². The third-order valence-corrected chi connectivity index (χ3v) is 4.34. The van der Waals surface area contributed by atoms with Crippen molar-refractivity contribution in [2.45, 2.75) is 24.9 Å². The molecule has 0 N–H and O–H groups in total. The van der Waals surface area contributed by atoms with Gasteiger partial charge in [0.1, 0.15) is 0 Å². The average molecular weight is 295 g/mol. The van der Waals surface area contributed by atoms with Gasteiger partial charge in [-0.3, -0.25) is 9.80 Å². The van der Waals surface area contributed by atoms with E-state index in [-0.39, 0.29) is 0 Å². The molecule has 0 spiro atoms. The molecule has 19 heavy (non-hydrogen) atoms. The molecular weight excluding hydrogens is 268 g/mol. The highest BCUT2D eigenvalue weighted by Crippen LogP contribution is 1.98. The van der Waals surface area contributed by atoms with Crippen LogP contribution in [0.4, 0.5) is 0 Å². The molecule has 3 nitrogen and oxygen atoms in total. The molecule has 0 bridgehead atoms. The van der Waals surface area contributed by atoms with Crippen LogP contribution in [0.3, 0.4) is 0 Å². The summed E-state index contributed by atoms with van der Waals surface area (Å²) in [5, 5.41) is 0. The number of nitrogens with zero attached hydrogens (tertiary/aromatic N) is 2. The van der Waals surface area contributed by atoms with E-state index in [1.807, 2.05) is 0 Å². The van der Waals surface area contributed by atoms with Crippen molar-refractivity contribution in [2.75, 3.05) is 39.3 Å². The molecule has 0 aliphatic carbocycles. The maximum Gasteiger partial charge on any atom is 0.261 e. The fourth-order valence-corrected chi connectivity index (χ4v) is 2.53. The van der Waals surface area contributed by atoms with Gasteiger partial charge >= 0.3 is 0 Å². The summed E-state index contributed by atoms with van der Waals surface area (Å²) in [7, 11) is 0.630. The van der Waals surface area contributed by atoms with Gasteiger partial charge in [-0.2, -0.15) is 0 Å². The lowest BCUT2D eigenvalue weighted by Crippen LogP contribution is -2.36. The van der Waals surface area contributed by atoms with Crippen LogP contribution in [0.5, 0.6) is 0 Å². The van der Waals surface area contributed by atoms with Crippen molar-refractivity contribution in [2.24, 2.45) is 0 Å². The summed E-state index contributed by atoms with van der Waals surface area (Å²) in [5.74, 6) is 5.42. The maximum atomic E-state index is 10.5. The van der Waals surface area contributed by atoms with E-state index in [0.717, 1.165) is 45.2 Å². The van der Waals surface area contributed by atoms with Crippen molar-refractivity contribution < 1.29 is 4.46 Å². The first-order valence-corrected chi connectivity index (χ1v) is 9.73. The summed E-state index contributed by atoms with van der Waals surface area (Å²) >= 11 is 0. The van der Waals surface area contributed by atoms with Crippen LogP contribution in [0, 0.1) is 24.7 Å². The molecule has 5 heteroatoms. The van der Waals surface area contributed by atoms with Crippen LogP contribution in [0.1, 0.15) is 12.8 Å². The fourth-order valence-electron chi connectivity index (χ4n) is 1.86. The topological polar surface area (TPSA) is 23.6 Å². The summed E-state index contributed by atoms with van der Waals surface area (Å²) < 4.78 is 10.5. The molecule has 0 radical (unpaired) electrons. The van der Waals surface area contributed by atoms with E-state index in [2.05, 4.69) is 21.6 Å². The van der Waals surface area contributed by atoms with Gasteiger partial charge in [0.2, 0.25) is 0 Å². The Morgan fingerprint density at radius 3 is 1.89 bits per heavy atom. The molecule has 0 rings (SSSR count). The molecule has 0 aliphatic heterocycles. The first-order chi connectivity index (χ1) is 9.28. The summed E-state index contributed by atoms with van der Waals surface area (Å²) in [6, 6.07) is 2.14. The quantitative estimate of drug-likeness (QED) is 0.279. The van der Waals surface area contributed by atoms with Crippen molar-refractivity contribution in [1.82, 2.24) is 9.80 Å². The van der Waals surface area contributed by atoms with E-state index in [9.17, 15) is 4.46 Å². The number of terminal acetylenes is 2. The molecule has 0 saturated carbocycles. The molecule has 0 unspecified atom stereocenters. The second-order valence-corrected chi connectivity index (χ2v) is 6.53. The maximum absolute atomic E-state index is 10.5. The normalized spacial score (nSPS) is 10.5. The molecule has 0 atom stereocenters. The van der Waals surface area contributed by atoms with Crippen molar-refractivity contribution in [3.8, 4) is 24.7 Å². The van der Waals surface area contributed by atoms with E-state index >= 15 is 0 Å². The Kier molecular flexibility index (Phi) is 13.2. The summed E-state index contributed by atoms with van der Waals surface area (Å²) in [6.07, 6.45) is 13.0. The second-order valence-electron chi connectivity index (χ2n) is 4.62. The predicted molar refractivity (Wildman–Crippen MR) is 87.2 cm³/mol. The van der Waals surface area contributed by atoms with Gasteiger partial charge in [0.05, 0.1) is 13.1 Å². The molecule has 0 aromatic heterocycles. The van der Waals surface area contributed by atoms with Crippen LogP contribution >= 0.6 is 0 Å². The van der Waals surface area contributed by atoms with Crippen LogP contribution in [0.15, 0.2) is 0 Å². The van der Waals surface area contributed by atoms with Crippen LogP contribution in [-0.2, 0) is 4.46 Å². The predicted octanol–water partition coefficient (Wildman–Crippen LogP) is -0.379. The van der Waals surface area contributed by atoms with Crippen molar-refractivity contribution in [3.05, 3.63) is 0 Å². The highest BCUT2D eigenvalue weighted by atomic mass is 28.2. The summed E-state index contributed by atoms with van der Waals surface area (Å²) in [5.41, 5.74) is 0. The minimum atomic E-state index is -0.629. The lowest BCUT2D eigenvalue weighted by atomic mass is 10.3. The Balaban J connectivity index is 4.06. The lowest BCUT2D eigenvalue weighted by molar-refractivity contribution is 0.231. The Labute approximate surface area is 123 Å². The summed E-state index contributed by atoms with van der Waals surface area (Å²) in [6.45, 7) is 5.32. The summed E-state index contributed by atoms with van der Waals surface area (Å²) in [4.78, 5) is 4.57. The molecule has 0 aromatic carbocycles. The SMILES string of the molecule is C#CCN(CCC[SiH3])CCN(CC#C)CCC[SiH]=O. The molecule has 0 aliphatic rings. The molecule has 0 saturated heterocycles. The van der Waals surface area contributed by atoms with E-state index < -0.39 is 9.41 Å². The van der Waals surface area contributed by atoms with Crippen LogP contribution in [-0.4, -0.2) is 68.7 Å². The van der Waals surface area contributed by atoms with Crippen LogP contribution < -0.4 is 0 Å². The highest BCUT2D eigenvalue weighted by Gasteiger charge is 2.07. The van der Waals surface area contributed by atoms with E-state index in [1.165, 1.54) is 22.7 Å². The van der Waals surface area contributed by atoms with Gasteiger partial charge in [-0.15, -0.1) is 12.8 Å². The zero-order valence-corrected chi connectivity index (χ0v) is 15.3. The minimum absolute atomic E-state index is 0.629. The second kappa shape index (κ2) is 13.7. The Morgan fingerprint density at radius 2 is 1.47 bits per heavy atom. The minimum Gasteiger partial charge on any atom is -0.392 e. The zero-order valence-electron chi connectivity index (χ0n) is 12.1. The average Bonchev–Trinajstić information content (AvgIpc) is 2.42. The largest absolute Gasteiger partial charge is 0.392 e. The van der Waals surface area contributed by atoms with Crippen LogP contribution in [0.2, 0.25) is 12.1 Å². The lowest BCUT2D eigenvalue weighted by Gasteiger charge is -2.25. The van der Waals surface area contributed by atoms with Crippen molar-refractivity contribution in [3.63, 3.8) is 0 Å². The van der Waals surface area contributed by atoms with Gasteiger partial charge in [0, 0.05) is 23.3 Å². The van der Waals surface area contributed by atoms with E-state index in [1.54, 1.807) is 0 Å². The molecule has 0 heterocycles. The highest BCUT2D eigenvalue weighted by molar-refractivity contribution is 6.16. The number of hydrogen-bond donors (Lipinski definition) is 0.